The minimum Gasteiger partial charge on any atom is -0.378 e. The van der Waals surface area contributed by atoms with E-state index in [-0.39, 0.29) is 5.41 Å². The van der Waals surface area contributed by atoms with Crippen LogP contribution in [0.1, 0.15) is 41.7 Å². The van der Waals surface area contributed by atoms with Gasteiger partial charge < -0.3 is 4.90 Å². The molecule has 0 aromatic heterocycles. The van der Waals surface area contributed by atoms with Crippen LogP contribution in [0.5, 0.6) is 0 Å². The fraction of sp³-hybridized carbons (Fsp3) is 0.321. The molecule has 2 nitrogen and oxygen atoms in total. The van der Waals surface area contributed by atoms with Gasteiger partial charge in [-0.3, -0.25) is 0 Å². The molecule has 0 amide bonds. The lowest BCUT2D eigenvalue weighted by Crippen LogP contribution is -2.30. The molecule has 0 spiro atoms. The smallest absolute Gasteiger partial charge is 0.199 e. The topological polar surface area (TPSA) is 6.25 Å². The van der Waals surface area contributed by atoms with E-state index in [2.05, 4.69) is 120 Å². The summed E-state index contributed by atoms with van der Waals surface area (Å²) < 4.78 is 2.20. The summed E-state index contributed by atoms with van der Waals surface area (Å²) in [4.78, 5) is 2.20. The van der Waals surface area contributed by atoms with E-state index in [1.807, 2.05) is 0 Å². The fourth-order valence-electron chi connectivity index (χ4n) is 4.86. The summed E-state index contributed by atoms with van der Waals surface area (Å²) in [6.45, 7) is 9.20. The lowest BCUT2D eigenvalue weighted by Gasteiger charge is -2.40. The van der Waals surface area contributed by atoms with Gasteiger partial charge in [0, 0.05) is 37.3 Å². The highest BCUT2D eigenvalue weighted by molar-refractivity contribution is 6.07. The van der Waals surface area contributed by atoms with E-state index in [0.717, 1.165) is 0 Å². The molecule has 0 fully saturated rings. The lowest BCUT2D eigenvalue weighted by atomic mass is 9.63. The van der Waals surface area contributed by atoms with Crippen LogP contribution in [0.15, 0.2) is 65.8 Å². The van der Waals surface area contributed by atoms with Crippen molar-refractivity contribution in [1.82, 2.24) is 0 Å². The van der Waals surface area contributed by atoms with Gasteiger partial charge in [-0.25, -0.2) is 4.58 Å². The van der Waals surface area contributed by atoms with Crippen LogP contribution in [0.2, 0.25) is 0 Å². The summed E-state index contributed by atoms with van der Waals surface area (Å²) in [6, 6.07) is 13.6. The maximum atomic E-state index is 2.38. The molecule has 2 aromatic rings. The Hall–Kier alpha value is -2.87. The number of nitrogens with zero attached hydrogens (tertiary/aromatic N) is 2. The van der Waals surface area contributed by atoms with Crippen LogP contribution >= 0.6 is 0 Å². The van der Waals surface area contributed by atoms with Gasteiger partial charge in [-0.05, 0) is 76.6 Å². The molecule has 154 valence electrons. The van der Waals surface area contributed by atoms with Crippen molar-refractivity contribution in [2.75, 3.05) is 33.1 Å². The number of allylic oxidation sites excluding steroid dienone is 5. The molecule has 0 saturated heterocycles. The standard InChI is InChI=1S/C28H33N2/c1-18-10-9-11-19(2)26(18)27-22-14-12-20(29(5)6)16-24(22)28(3,4)25-17-21(30(7)8)13-15-23(25)27/h9-17H,1-8H3/q+1. The maximum Gasteiger partial charge on any atom is 0.199 e. The number of benzene rings is 2. The molecule has 0 saturated carbocycles. The first-order chi connectivity index (χ1) is 14.1. The van der Waals surface area contributed by atoms with Crippen molar-refractivity contribution in [2.24, 2.45) is 0 Å². The number of anilines is 1. The molecule has 0 N–H and O–H groups in total. The number of hydrogen-bond acceptors (Lipinski definition) is 1. The van der Waals surface area contributed by atoms with Crippen molar-refractivity contribution in [3.63, 3.8) is 0 Å². The number of fused-ring (bicyclic) bond motifs is 2. The number of hydrogen-bond donors (Lipinski definition) is 0. The van der Waals surface area contributed by atoms with E-state index in [1.54, 1.807) is 0 Å². The molecule has 0 unspecified atom stereocenters. The van der Waals surface area contributed by atoms with Crippen molar-refractivity contribution < 1.29 is 4.58 Å². The second kappa shape index (κ2) is 7.12. The van der Waals surface area contributed by atoms with Gasteiger partial charge in [0.05, 0.1) is 0 Å². The van der Waals surface area contributed by atoms with E-state index in [1.165, 1.54) is 55.9 Å². The zero-order valence-electron chi connectivity index (χ0n) is 19.6. The Bertz CT molecular complexity index is 1140. The minimum atomic E-state index is -0.0806. The Morgan fingerprint density at radius 3 is 2.17 bits per heavy atom. The molecule has 0 atom stereocenters. The van der Waals surface area contributed by atoms with Crippen molar-refractivity contribution in [2.45, 2.75) is 33.1 Å². The van der Waals surface area contributed by atoms with Crippen LogP contribution < -0.4 is 4.90 Å². The molecule has 2 aromatic carbocycles. The number of aryl methyl sites for hydroxylation is 2. The third-order valence-electron chi connectivity index (χ3n) is 6.66. The molecular formula is C28H33N2+. The molecule has 30 heavy (non-hydrogen) atoms. The van der Waals surface area contributed by atoms with Gasteiger partial charge >= 0.3 is 0 Å². The molecule has 2 aliphatic carbocycles. The summed E-state index contributed by atoms with van der Waals surface area (Å²) in [6.07, 6.45) is 6.96. The van der Waals surface area contributed by atoms with Crippen LogP contribution in [-0.4, -0.2) is 38.5 Å². The zero-order chi connectivity index (χ0) is 21.8. The zero-order valence-corrected chi connectivity index (χ0v) is 19.6. The average Bonchev–Trinajstić information content (AvgIpc) is 2.69. The van der Waals surface area contributed by atoms with E-state index in [0.29, 0.717) is 0 Å². The summed E-state index contributed by atoms with van der Waals surface area (Å²) in [7, 11) is 8.47. The van der Waals surface area contributed by atoms with Crippen molar-refractivity contribution in [3.05, 3.63) is 93.6 Å². The number of rotatable bonds is 2. The predicted octanol–water partition coefficient (Wildman–Crippen LogP) is 5.67. The van der Waals surface area contributed by atoms with E-state index >= 15 is 0 Å². The fourth-order valence-corrected chi connectivity index (χ4v) is 4.86. The maximum absolute atomic E-state index is 2.38. The molecular weight excluding hydrogens is 364 g/mol. The largest absolute Gasteiger partial charge is 0.378 e. The van der Waals surface area contributed by atoms with Crippen molar-refractivity contribution in [1.29, 1.82) is 0 Å². The normalized spacial score (nSPS) is 16.8. The second-order valence-electron chi connectivity index (χ2n) is 9.52. The summed E-state index contributed by atoms with van der Waals surface area (Å²) in [5.74, 6) is 0. The molecule has 0 bridgehead atoms. The van der Waals surface area contributed by atoms with Crippen LogP contribution in [0.3, 0.4) is 0 Å². The van der Waals surface area contributed by atoms with Gasteiger partial charge in [-0.15, -0.1) is 0 Å². The van der Waals surface area contributed by atoms with Gasteiger partial charge in [-0.2, -0.15) is 0 Å². The Morgan fingerprint density at radius 2 is 1.57 bits per heavy atom. The highest BCUT2D eigenvalue weighted by Crippen LogP contribution is 2.51. The van der Waals surface area contributed by atoms with Gasteiger partial charge in [0.1, 0.15) is 14.1 Å². The predicted molar refractivity (Wildman–Crippen MR) is 130 cm³/mol. The third kappa shape index (κ3) is 3.06. The summed E-state index contributed by atoms with van der Waals surface area (Å²) >= 11 is 0. The lowest BCUT2D eigenvalue weighted by molar-refractivity contribution is -0.462. The quantitative estimate of drug-likeness (QED) is 0.592. The van der Waals surface area contributed by atoms with E-state index < -0.39 is 0 Å². The first kappa shape index (κ1) is 20.4. The van der Waals surface area contributed by atoms with E-state index in [4.69, 9.17) is 0 Å². The highest BCUT2D eigenvalue weighted by atomic mass is 15.1. The first-order valence-corrected chi connectivity index (χ1v) is 10.7. The molecule has 2 heteroatoms. The van der Waals surface area contributed by atoms with Crippen LogP contribution in [0.4, 0.5) is 5.69 Å². The van der Waals surface area contributed by atoms with Gasteiger partial charge in [0.2, 0.25) is 0 Å². The molecule has 0 heterocycles. The van der Waals surface area contributed by atoms with Crippen LogP contribution in [0.25, 0.3) is 5.57 Å². The van der Waals surface area contributed by atoms with Crippen LogP contribution in [-0.2, 0) is 5.41 Å². The monoisotopic (exact) mass is 397 g/mol. The first-order valence-electron chi connectivity index (χ1n) is 10.7. The van der Waals surface area contributed by atoms with Crippen molar-refractivity contribution >= 4 is 17.0 Å². The Balaban J connectivity index is 2.14. The van der Waals surface area contributed by atoms with Crippen LogP contribution in [0, 0.1) is 13.8 Å². The Morgan fingerprint density at radius 1 is 0.900 bits per heavy atom. The Kier molecular flexibility index (Phi) is 4.85. The third-order valence-corrected chi connectivity index (χ3v) is 6.66. The van der Waals surface area contributed by atoms with E-state index in [9.17, 15) is 0 Å². The SMILES string of the molecule is Cc1cccc(C)c1C1=C2C=CC(=[N+](C)C)C=C2C(C)(C)c2cc(N(C)C)ccc21. The molecule has 0 radical (unpaired) electrons. The summed E-state index contributed by atoms with van der Waals surface area (Å²) in [5.41, 5.74) is 13.3. The molecule has 0 aliphatic heterocycles. The van der Waals surface area contributed by atoms with Crippen molar-refractivity contribution in [3.8, 4) is 0 Å². The second-order valence-corrected chi connectivity index (χ2v) is 9.52. The van der Waals surface area contributed by atoms with Gasteiger partial charge in [0.25, 0.3) is 0 Å². The molecule has 2 aliphatic rings. The van der Waals surface area contributed by atoms with Gasteiger partial charge in [0.15, 0.2) is 5.71 Å². The highest BCUT2D eigenvalue weighted by Gasteiger charge is 2.39. The minimum absolute atomic E-state index is 0.0806. The molecule has 4 rings (SSSR count). The summed E-state index contributed by atoms with van der Waals surface area (Å²) in [5, 5.41) is 0. The Labute approximate surface area is 181 Å². The van der Waals surface area contributed by atoms with Gasteiger partial charge in [-0.1, -0.05) is 38.1 Å². The average molecular weight is 398 g/mol.